The van der Waals surface area contributed by atoms with Crippen LogP contribution in [0.2, 0.25) is 0 Å². The molecule has 1 aliphatic carbocycles. The summed E-state index contributed by atoms with van der Waals surface area (Å²) < 4.78 is 35.8. The van der Waals surface area contributed by atoms with Gasteiger partial charge in [0.2, 0.25) is 15.9 Å². The first-order chi connectivity index (χ1) is 12.8. The van der Waals surface area contributed by atoms with Gasteiger partial charge in [0.25, 0.3) is 0 Å². The first kappa shape index (κ1) is 21.2. The molecule has 8 heteroatoms. The zero-order valence-electron chi connectivity index (χ0n) is 16.2. The summed E-state index contributed by atoms with van der Waals surface area (Å²) >= 11 is 0. The van der Waals surface area contributed by atoms with Gasteiger partial charge in [0.05, 0.1) is 32.7 Å². The van der Waals surface area contributed by atoms with E-state index in [1.54, 1.807) is 25.3 Å². The molecule has 0 spiro atoms. The molecule has 0 unspecified atom stereocenters. The van der Waals surface area contributed by atoms with Crippen LogP contribution in [0, 0.1) is 0 Å². The predicted molar refractivity (Wildman–Crippen MR) is 106 cm³/mol. The Bertz CT molecular complexity index is 789. The van der Waals surface area contributed by atoms with Crippen molar-refractivity contribution in [1.82, 2.24) is 4.31 Å². The fourth-order valence-electron chi connectivity index (χ4n) is 3.01. The van der Waals surface area contributed by atoms with Crippen molar-refractivity contribution in [3.63, 3.8) is 0 Å². The summed E-state index contributed by atoms with van der Waals surface area (Å²) in [5, 5.41) is 2.71. The number of methoxy groups -OCH3 is 2. The number of ether oxygens (including phenoxy) is 2. The fraction of sp³-hybridized carbons (Fsp3) is 0.526. The van der Waals surface area contributed by atoms with E-state index in [1.807, 2.05) is 0 Å². The van der Waals surface area contributed by atoms with E-state index < -0.39 is 15.9 Å². The SMILES string of the molecule is COc1ccc(NC(=O)CN(CCC2=CCCCC2)S(C)(=O)=O)c(OC)c1. The number of rotatable bonds is 9. The first-order valence-corrected chi connectivity index (χ1v) is 10.8. The largest absolute Gasteiger partial charge is 0.497 e. The number of hydrogen-bond donors (Lipinski definition) is 1. The molecule has 1 aromatic rings. The lowest BCUT2D eigenvalue weighted by Crippen LogP contribution is -2.38. The molecule has 0 saturated heterocycles. The van der Waals surface area contributed by atoms with Crippen LogP contribution in [-0.2, 0) is 14.8 Å². The minimum absolute atomic E-state index is 0.235. The maximum atomic E-state index is 12.4. The Morgan fingerprint density at radius 2 is 2.00 bits per heavy atom. The smallest absolute Gasteiger partial charge is 0.239 e. The third-order valence-corrected chi connectivity index (χ3v) is 5.79. The van der Waals surface area contributed by atoms with Crippen LogP contribution in [0.4, 0.5) is 5.69 Å². The van der Waals surface area contributed by atoms with Gasteiger partial charge in [-0.15, -0.1) is 0 Å². The number of nitrogens with zero attached hydrogens (tertiary/aromatic N) is 1. The number of sulfonamides is 1. The highest BCUT2D eigenvalue weighted by Gasteiger charge is 2.21. The maximum Gasteiger partial charge on any atom is 0.239 e. The summed E-state index contributed by atoms with van der Waals surface area (Å²) in [5.41, 5.74) is 1.74. The van der Waals surface area contributed by atoms with E-state index in [0.717, 1.165) is 25.5 Å². The van der Waals surface area contributed by atoms with Crippen molar-refractivity contribution in [2.24, 2.45) is 0 Å². The molecular weight excluding hydrogens is 368 g/mol. The quantitative estimate of drug-likeness (QED) is 0.649. The molecule has 1 aliphatic rings. The van der Waals surface area contributed by atoms with E-state index in [0.29, 0.717) is 30.2 Å². The second-order valence-corrected chi connectivity index (χ2v) is 8.55. The van der Waals surface area contributed by atoms with E-state index in [9.17, 15) is 13.2 Å². The van der Waals surface area contributed by atoms with Crippen LogP contribution in [-0.4, -0.2) is 52.2 Å². The second-order valence-electron chi connectivity index (χ2n) is 6.57. The topological polar surface area (TPSA) is 84.9 Å². The molecule has 0 aliphatic heterocycles. The van der Waals surface area contributed by atoms with E-state index in [1.165, 1.54) is 23.4 Å². The summed E-state index contributed by atoms with van der Waals surface area (Å²) in [5.74, 6) is 0.630. The van der Waals surface area contributed by atoms with Crippen molar-refractivity contribution in [1.29, 1.82) is 0 Å². The van der Waals surface area contributed by atoms with Crippen molar-refractivity contribution in [2.75, 3.05) is 38.9 Å². The Balaban J connectivity index is 2.02. The van der Waals surface area contributed by atoms with Crippen molar-refractivity contribution in [3.05, 3.63) is 29.8 Å². The van der Waals surface area contributed by atoms with E-state index >= 15 is 0 Å². The van der Waals surface area contributed by atoms with Crippen LogP contribution in [0.15, 0.2) is 29.8 Å². The van der Waals surface area contributed by atoms with E-state index in [-0.39, 0.29) is 6.54 Å². The van der Waals surface area contributed by atoms with Crippen molar-refractivity contribution >= 4 is 21.6 Å². The summed E-state index contributed by atoms with van der Waals surface area (Å²) in [7, 11) is -0.454. The Kier molecular flexibility index (Phi) is 7.67. The van der Waals surface area contributed by atoms with Gasteiger partial charge >= 0.3 is 0 Å². The lowest BCUT2D eigenvalue weighted by Gasteiger charge is -2.21. The molecule has 0 fully saturated rings. The number of allylic oxidation sites excluding steroid dienone is 1. The van der Waals surface area contributed by atoms with Crippen molar-refractivity contribution in [3.8, 4) is 11.5 Å². The van der Waals surface area contributed by atoms with Gasteiger partial charge in [0.15, 0.2) is 0 Å². The molecule has 0 atom stereocenters. The van der Waals surface area contributed by atoms with Gasteiger partial charge in [0, 0.05) is 12.6 Å². The molecule has 1 N–H and O–H groups in total. The second kappa shape index (κ2) is 9.75. The minimum Gasteiger partial charge on any atom is -0.497 e. The number of benzene rings is 1. The number of anilines is 1. The Morgan fingerprint density at radius 3 is 2.59 bits per heavy atom. The van der Waals surface area contributed by atoms with Crippen LogP contribution in [0.3, 0.4) is 0 Å². The van der Waals surface area contributed by atoms with Crippen LogP contribution in [0.25, 0.3) is 0 Å². The van der Waals surface area contributed by atoms with Gasteiger partial charge in [-0.25, -0.2) is 8.42 Å². The van der Waals surface area contributed by atoms with Crippen LogP contribution in [0.5, 0.6) is 11.5 Å². The summed E-state index contributed by atoms with van der Waals surface area (Å²) in [6.45, 7) is 0.0686. The number of nitrogens with one attached hydrogen (secondary N) is 1. The lowest BCUT2D eigenvalue weighted by atomic mass is 9.97. The molecule has 150 valence electrons. The highest BCUT2D eigenvalue weighted by molar-refractivity contribution is 7.88. The zero-order valence-corrected chi connectivity index (χ0v) is 17.0. The molecule has 7 nitrogen and oxygen atoms in total. The maximum absolute atomic E-state index is 12.4. The summed E-state index contributed by atoms with van der Waals surface area (Å²) in [4.78, 5) is 12.4. The highest BCUT2D eigenvalue weighted by atomic mass is 32.2. The lowest BCUT2D eigenvalue weighted by molar-refractivity contribution is -0.116. The van der Waals surface area contributed by atoms with Crippen molar-refractivity contribution in [2.45, 2.75) is 32.1 Å². The third kappa shape index (κ3) is 6.55. The Morgan fingerprint density at radius 1 is 1.22 bits per heavy atom. The molecule has 1 aromatic carbocycles. The Hall–Kier alpha value is -2.06. The Labute approximate surface area is 161 Å². The molecule has 2 rings (SSSR count). The van der Waals surface area contributed by atoms with Gasteiger partial charge in [-0.1, -0.05) is 11.6 Å². The van der Waals surface area contributed by atoms with Crippen LogP contribution >= 0.6 is 0 Å². The standard InChI is InChI=1S/C19H28N2O5S/c1-25-16-9-10-17(18(13-16)26-2)20-19(22)14-21(27(3,23)24)12-11-15-7-5-4-6-8-15/h7,9-10,13H,4-6,8,11-12,14H2,1-3H3,(H,20,22). The fourth-order valence-corrected chi connectivity index (χ4v) is 3.79. The number of hydrogen-bond acceptors (Lipinski definition) is 5. The van der Waals surface area contributed by atoms with Gasteiger partial charge in [-0.2, -0.15) is 4.31 Å². The average molecular weight is 397 g/mol. The van der Waals surface area contributed by atoms with Crippen LogP contribution < -0.4 is 14.8 Å². The normalized spacial score (nSPS) is 14.6. The summed E-state index contributed by atoms with van der Waals surface area (Å²) in [6.07, 6.45) is 8.36. The molecule has 0 saturated carbocycles. The number of amides is 1. The molecular formula is C19H28N2O5S. The van der Waals surface area contributed by atoms with Gasteiger partial charge in [0.1, 0.15) is 11.5 Å². The van der Waals surface area contributed by atoms with Gasteiger partial charge in [-0.05, 0) is 44.2 Å². The van der Waals surface area contributed by atoms with Gasteiger partial charge in [-0.3, -0.25) is 4.79 Å². The van der Waals surface area contributed by atoms with E-state index in [2.05, 4.69) is 11.4 Å². The molecule has 0 radical (unpaired) electrons. The van der Waals surface area contributed by atoms with Crippen molar-refractivity contribution < 1.29 is 22.7 Å². The number of carbonyl (C=O) groups is 1. The monoisotopic (exact) mass is 396 g/mol. The highest BCUT2D eigenvalue weighted by Crippen LogP contribution is 2.29. The minimum atomic E-state index is -3.49. The molecule has 1 amide bonds. The molecule has 0 bridgehead atoms. The zero-order chi connectivity index (χ0) is 19.9. The first-order valence-electron chi connectivity index (χ1n) is 8.98. The third-order valence-electron chi connectivity index (χ3n) is 4.54. The number of carbonyl (C=O) groups excluding carboxylic acids is 1. The molecule has 27 heavy (non-hydrogen) atoms. The van der Waals surface area contributed by atoms with Gasteiger partial charge < -0.3 is 14.8 Å². The predicted octanol–water partition coefficient (Wildman–Crippen LogP) is 2.79. The molecule has 0 heterocycles. The van der Waals surface area contributed by atoms with E-state index in [4.69, 9.17) is 9.47 Å². The summed E-state index contributed by atoms with van der Waals surface area (Å²) in [6, 6.07) is 5.01. The molecule has 0 aromatic heterocycles. The average Bonchev–Trinajstić information content (AvgIpc) is 2.65. The van der Waals surface area contributed by atoms with Crippen LogP contribution in [0.1, 0.15) is 32.1 Å².